The minimum Gasteiger partial charge on any atom is -0.468 e. The lowest BCUT2D eigenvalue weighted by Gasteiger charge is -2.18. The molecule has 2 heterocycles. The third-order valence-corrected chi connectivity index (χ3v) is 3.81. The molecule has 0 saturated heterocycles. The number of nitrogens with zero attached hydrogens (tertiary/aromatic N) is 2. The van der Waals surface area contributed by atoms with Crippen LogP contribution in [0.2, 0.25) is 0 Å². The molecule has 0 bridgehead atoms. The van der Waals surface area contributed by atoms with Gasteiger partial charge >= 0.3 is 12.2 Å². The average molecular weight is 369 g/mol. The van der Waals surface area contributed by atoms with Crippen LogP contribution in [-0.2, 0) is 13.0 Å². The molecule has 1 aromatic heterocycles. The molecule has 0 radical (unpaired) electrons. The van der Waals surface area contributed by atoms with Crippen LogP contribution >= 0.6 is 0 Å². The molecule has 0 spiro atoms. The molecule has 1 N–H and O–H groups in total. The number of pyridine rings is 1. The Morgan fingerprint density at radius 2 is 2.08 bits per heavy atom. The summed E-state index contributed by atoms with van der Waals surface area (Å²) in [4.78, 5) is 17.5. The number of hydrogen-bond donors (Lipinski definition) is 1. The van der Waals surface area contributed by atoms with Crippen LogP contribution in [0.1, 0.15) is 11.1 Å². The number of anilines is 1. The average Bonchev–Trinajstić information content (AvgIpc) is 3.01. The highest BCUT2D eigenvalue weighted by Gasteiger charge is 2.28. The van der Waals surface area contributed by atoms with Gasteiger partial charge < -0.3 is 10.1 Å². The number of aromatic nitrogens is 1. The van der Waals surface area contributed by atoms with Crippen LogP contribution in [0.4, 0.5) is 28.0 Å². The second-order valence-electron chi connectivity index (χ2n) is 5.74. The number of benzene rings is 1. The second kappa shape index (κ2) is 7.19. The summed E-state index contributed by atoms with van der Waals surface area (Å²) in [6.45, 7) is -0.933. The Labute approximate surface area is 146 Å². The first-order chi connectivity index (χ1) is 12.3. The van der Waals surface area contributed by atoms with Crippen LogP contribution in [0.3, 0.4) is 0 Å². The summed E-state index contributed by atoms with van der Waals surface area (Å²) >= 11 is 0. The van der Waals surface area contributed by atoms with Crippen molar-refractivity contribution in [2.24, 2.45) is 0 Å². The Morgan fingerprint density at radius 3 is 2.85 bits per heavy atom. The zero-order valence-corrected chi connectivity index (χ0v) is 13.5. The van der Waals surface area contributed by atoms with E-state index in [0.29, 0.717) is 24.2 Å². The summed E-state index contributed by atoms with van der Waals surface area (Å²) in [5.74, 6) is -0.605. The number of alkyl halides is 3. The molecule has 3 rings (SSSR count). The molecule has 138 valence electrons. The lowest BCUT2D eigenvalue weighted by molar-refractivity contribution is -0.154. The Kier molecular flexibility index (Phi) is 4.97. The fourth-order valence-corrected chi connectivity index (χ4v) is 2.63. The topological polar surface area (TPSA) is 54.5 Å². The van der Waals surface area contributed by atoms with Gasteiger partial charge in [-0.1, -0.05) is 6.07 Å². The van der Waals surface area contributed by atoms with Crippen molar-refractivity contribution in [3.63, 3.8) is 0 Å². The maximum atomic E-state index is 13.4. The Balaban J connectivity index is 1.60. The van der Waals surface area contributed by atoms with Gasteiger partial charge in [0.15, 0.2) is 6.61 Å². The molecule has 1 aliphatic heterocycles. The van der Waals surface area contributed by atoms with Crippen LogP contribution in [0.5, 0.6) is 5.88 Å². The molecular formula is C17H15F4N3O2. The number of carbonyl (C=O) groups is 1. The summed E-state index contributed by atoms with van der Waals surface area (Å²) in [6, 6.07) is 6.76. The largest absolute Gasteiger partial charge is 0.468 e. The number of urea groups is 1. The number of carbonyl (C=O) groups excluding carboxylic acids is 1. The molecule has 9 heteroatoms. The number of rotatable bonds is 4. The number of hydrogen-bond acceptors (Lipinski definition) is 3. The molecule has 0 aliphatic carbocycles. The first kappa shape index (κ1) is 18.0. The quantitative estimate of drug-likeness (QED) is 0.840. The molecule has 26 heavy (non-hydrogen) atoms. The third kappa shape index (κ3) is 4.41. The predicted molar refractivity (Wildman–Crippen MR) is 85.5 cm³/mol. The second-order valence-corrected chi connectivity index (χ2v) is 5.74. The zero-order chi connectivity index (χ0) is 18.7. The van der Waals surface area contributed by atoms with E-state index in [0.717, 1.165) is 5.56 Å². The summed E-state index contributed by atoms with van der Waals surface area (Å²) < 4.78 is 54.5. The van der Waals surface area contributed by atoms with Gasteiger partial charge in [0.1, 0.15) is 5.82 Å². The van der Waals surface area contributed by atoms with Crippen LogP contribution in [0, 0.1) is 5.82 Å². The van der Waals surface area contributed by atoms with E-state index < -0.39 is 24.6 Å². The van der Waals surface area contributed by atoms with Crippen LogP contribution in [0.25, 0.3) is 0 Å². The number of nitrogens with one attached hydrogen (secondary N) is 1. The summed E-state index contributed by atoms with van der Waals surface area (Å²) in [5, 5.41) is 2.66. The van der Waals surface area contributed by atoms with Crippen molar-refractivity contribution in [3.8, 4) is 5.88 Å². The van der Waals surface area contributed by atoms with E-state index in [9.17, 15) is 22.4 Å². The molecule has 0 saturated carbocycles. The van der Waals surface area contributed by atoms with Gasteiger partial charge in [-0.2, -0.15) is 13.2 Å². The molecule has 0 fully saturated rings. The summed E-state index contributed by atoms with van der Waals surface area (Å²) in [7, 11) is 0. The first-order valence-electron chi connectivity index (χ1n) is 7.80. The molecular weight excluding hydrogens is 354 g/mol. The number of amides is 2. The molecule has 0 atom stereocenters. The van der Waals surface area contributed by atoms with Crippen molar-refractivity contribution in [3.05, 3.63) is 53.5 Å². The Hall–Kier alpha value is -2.84. The van der Waals surface area contributed by atoms with Crippen molar-refractivity contribution < 1.29 is 27.1 Å². The standard InChI is InChI=1S/C17H15F4N3O2/c18-13-2-1-12-4-6-24(14(12)8-13)16(25)23-9-11-3-5-22-15(7-11)26-10-17(19,20)21/h1-3,5,7-8H,4,6,9-10H2,(H,23,25). The van der Waals surface area contributed by atoms with Gasteiger partial charge in [-0.05, 0) is 35.7 Å². The van der Waals surface area contributed by atoms with Gasteiger partial charge in [0.2, 0.25) is 5.88 Å². The lowest BCUT2D eigenvalue weighted by atomic mass is 10.2. The SMILES string of the molecule is O=C(NCc1ccnc(OCC(F)(F)F)c1)N1CCc2ccc(F)cc21. The molecule has 1 aromatic carbocycles. The van der Waals surface area contributed by atoms with Gasteiger partial charge in [0.25, 0.3) is 0 Å². The maximum Gasteiger partial charge on any atom is 0.422 e. The summed E-state index contributed by atoms with van der Waals surface area (Å²) in [6.07, 6.45) is -2.52. The van der Waals surface area contributed by atoms with Gasteiger partial charge in [-0.25, -0.2) is 14.2 Å². The van der Waals surface area contributed by atoms with E-state index >= 15 is 0 Å². The maximum absolute atomic E-state index is 13.4. The fourth-order valence-electron chi connectivity index (χ4n) is 2.63. The first-order valence-corrected chi connectivity index (χ1v) is 7.80. The van der Waals surface area contributed by atoms with E-state index in [2.05, 4.69) is 15.0 Å². The number of fused-ring (bicyclic) bond motifs is 1. The van der Waals surface area contributed by atoms with Crippen molar-refractivity contribution in [2.45, 2.75) is 19.1 Å². The minimum atomic E-state index is -4.45. The third-order valence-electron chi connectivity index (χ3n) is 3.81. The van der Waals surface area contributed by atoms with Crippen LogP contribution in [-0.4, -0.2) is 30.3 Å². The van der Waals surface area contributed by atoms with Crippen molar-refractivity contribution in [1.82, 2.24) is 10.3 Å². The van der Waals surface area contributed by atoms with E-state index in [1.165, 1.54) is 29.3 Å². The Bertz CT molecular complexity index is 811. The highest BCUT2D eigenvalue weighted by atomic mass is 19.4. The van der Waals surface area contributed by atoms with Gasteiger partial charge in [-0.15, -0.1) is 0 Å². The van der Waals surface area contributed by atoms with Gasteiger partial charge in [0.05, 0.1) is 5.69 Å². The normalized spacial score (nSPS) is 13.5. The molecule has 2 amide bonds. The molecule has 1 aliphatic rings. The van der Waals surface area contributed by atoms with E-state index in [-0.39, 0.29) is 12.4 Å². The number of halogens is 4. The van der Waals surface area contributed by atoms with E-state index in [4.69, 9.17) is 0 Å². The molecule has 0 unspecified atom stereocenters. The molecule has 2 aromatic rings. The van der Waals surface area contributed by atoms with E-state index in [1.54, 1.807) is 12.1 Å². The fraction of sp³-hybridized carbons (Fsp3) is 0.294. The lowest BCUT2D eigenvalue weighted by Crippen LogP contribution is -2.38. The number of ether oxygens (including phenoxy) is 1. The van der Waals surface area contributed by atoms with Crippen molar-refractivity contribution in [1.29, 1.82) is 0 Å². The van der Waals surface area contributed by atoms with Crippen molar-refractivity contribution >= 4 is 11.7 Å². The molecule has 5 nitrogen and oxygen atoms in total. The van der Waals surface area contributed by atoms with E-state index in [1.807, 2.05) is 0 Å². The van der Waals surface area contributed by atoms with Gasteiger partial charge in [0, 0.05) is 25.4 Å². The smallest absolute Gasteiger partial charge is 0.422 e. The highest BCUT2D eigenvalue weighted by Crippen LogP contribution is 2.28. The van der Waals surface area contributed by atoms with Gasteiger partial charge in [-0.3, -0.25) is 4.90 Å². The minimum absolute atomic E-state index is 0.0743. The highest BCUT2D eigenvalue weighted by molar-refractivity contribution is 5.94. The summed E-state index contributed by atoms with van der Waals surface area (Å²) in [5.41, 5.74) is 1.93. The predicted octanol–water partition coefficient (Wildman–Crippen LogP) is 3.43. The Morgan fingerprint density at radius 1 is 1.27 bits per heavy atom. The van der Waals surface area contributed by atoms with Crippen LogP contribution < -0.4 is 15.0 Å². The van der Waals surface area contributed by atoms with Crippen LogP contribution in [0.15, 0.2) is 36.5 Å². The monoisotopic (exact) mass is 369 g/mol. The zero-order valence-electron chi connectivity index (χ0n) is 13.5. The van der Waals surface area contributed by atoms with Crippen molar-refractivity contribution in [2.75, 3.05) is 18.1 Å².